The van der Waals surface area contributed by atoms with E-state index in [0.717, 1.165) is 25.7 Å². The number of morpholine rings is 1. The first-order valence-corrected chi connectivity index (χ1v) is 6.46. The lowest BCUT2D eigenvalue weighted by Crippen LogP contribution is -2.59. The van der Waals surface area contributed by atoms with Gasteiger partial charge < -0.3 is 10.1 Å². The highest BCUT2D eigenvalue weighted by Crippen LogP contribution is 2.38. The first kappa shape index (κ1) is 13.1. The third-order valence-corrected chi connectivity index (χ3v) is 3.93. The fraction of sp³-hybridized carbons (Fsp3) is 1.00. The molecule has 1 aliphatic carbocycles. The van der Waals surface area contributed by atoms with Crippen molar-refractivity contribution in [3.63, 3.8) is 0 Å². The van der Waals surface area contributed by atoms with Crippen LogP contribution in [0.5, 0.6) is 0 Å². The molecule has 1 saturated heterocycles. The Morgan fingerprint density at radius 2 is 1.88 bits per heavy atom. The van der Waals surface area contributed by atoms with Crippen LogP contribution in [0, 0.1) is 0 Å². The number of alkyl halides is 3. The van der Waals surface area contributed by atoms with Crippen LogP contribution in [-0.4, -0.2) is 31.0 Å². The predicted octanol–water partition coefficient (Wildman–Crippen LogP) is 3.02. The van der Waals surface area contributed by atoms with Crippen LogP contribution in [0.2, 0.25) is 0 Å². The average Bonchev–Trinajstić information content (AvgIpc) is 2.28. The van der Waals surface area contributed by atoms with Crippen LogP contribution in [0.1, 0.15) is 44.9 Å². The summed E-state index contributed by atoms with van der Waals surface area (Å²) in [5, 5.41) is 3.23. The highest BCUT2D eigenvalue weighted by atomic mass is 19.4. The molecule has 1 spiro atoms. The molecule has 17 heavy (non-hydrogen) atoms. The molecule has 0 amide bonds. The molecule has 2 aliphatic rings. The molecule has 1 aliphatic heterocycles. The van der Waals surface area contributed by atoms with E-state index in [-0.39, 0.29) is 18.1 Å². The van der Waals surface area contributed by atoms with E-state index in [1.54, 1.807) is 0 Å². The van der Waals surface area contributed by atoms with Crippen molar-refractivity contribution in [1.29, 1.82) is 0 Å². The van der Waals surface area contributed by atoms with Gasteiger partial charge in [-0.05, 0) is 19.3 Å². The molecule has 2 fully saturated rings. The van der Waals surface area contributed by atoms with Gasteiger partial charge in [0, 0.05) is 19.0 Å². The summed E-state index contributed by atoms with van der Waals surface area (Å²) in [6.45, 7) is 1.30. The fourth-order valence-corrected chi connectivity index (χ4v) is 3.09. The molecule has 0 radical (unpaired) electrons. The zero-order valence-electron chi connectivity index (χ0n) is 9.98. The predicted molar refractivity (Wildman–Crippen MR) is 58.8 cm³/mol. The van der Waals surface area contributed by atoms with Gasteiger partial charge in [-0.25, -0.2) is 0 Å². The van der Waals surface area contributed by atoms with E-state index in [2.05, 4.69) is 5.32 Å². The van der Waals surface area contributed by atoms with E-state index < -0.39 is 12.6 Å². The summed E-state index contributed by atoms with van der Waals surface area (Å²) in [7, 11) is 0. The molecular weight excluding hydrogens is 231 g/mol. The Morgan fingerprint density at radius 3 is 2.53 bits per heavy atom. The standard InChI is InChI=1S/C12H20F3NO/c13-12(14,15)7-4-10-11(17-9-8-16-10)5-2-1-3-6-11/h10,16H,1-9H2. The number of hydrogen-bond donors (Lipinski definition) is 1. The number of halogens is 3. The van der Waals surface area contributed by atoms with E-state index in [1.165, 1.54) is 6.42 Å². The molecule has 0 aromatic carbocycles. The Kier molecular flexibility index (Phi) is 3.98. The maximum absolute atomic E-state index is 12.3. The lowest BCUT2D eigenvalue weighted by atomic mass is 9.77. The Morgan fingerprint density at radius 1 is 1.18 bits per heavy atom. The Balaban J connectivity index is 1.96. The molecule has 1 atom stereocenters. The SMILES string of the molecule is FC(F)(F)CCC1NCCOC12CCCCC2. The quantitative estimate of drug-likeness (QED) is 0.814. The minimum absolute atomic E-state index is 0.127. The van der Waals surface area contributed by atoms with E-state index in [1.807, 2.05) is 0 Å². The molecule has 1 heterocycles. The minimum atomic E-state index is -4.06. The molecule has 1 N–H and O–H groups in total. The molecular formula is C12H20F3NO. The minimum Gasteiger partial charge on any atom is -0.372 e. The number of rotatable bonds is 2. The molecule has 0 aromatic heterocycles. The van der Waals surface area contributed by atoms with Gasteiger partial charge in [0.15, 0.2) is 0 Å². The maximum atomic E-state index is 12.3. The third kappa shape index (κ3) is 3.35. The van der Waals surface area contributed by atoms with Crippen molar-refractivity contribution in [2.75, 3.05) is 13.2 Å². The van der Waals surface area contributed by atoms with Crippen LogP contribution in [0.25, 0.3) is 0 Å². The monoisotopic (exact) mass is 251 g/mol. The van der Waals surface area contributed by atoms with Gasteiger partial charge in [0.25, 0.3) is 0 Å². The van der Waals surface area contributed by atoms with E-state index in [0.29, 0.717) is 13.2 Å². The molecule has 1 saturated carbocycles. The third-order valence-electron chi connectivity index (χ3n) is 3.93. The number of nitrogens with one attached hydrogen (secondary N) is 1. The van der Waals surface area contributed by atoms with Crippen LogP contribution in [0.15, 0.2) is 0 Å². The summed E-state index contributed by atoms with van der Waals surface area (Å²) < 4.78 is 42.7. The Labute approximate surface area is 99.9 Å². The molecule has 5 heteroatoms. The first-order valence-electron chi connectivity index (χ1n) is 6.46. The van der Waals surface area contributed by atoms with Crippen LogP contribution in [-0.2, 0) is 4.74 Å². The Bertz CT molecular complexity index is 240. The summed E-state index contributed by atoms with van der Waals surface area (Å²) in [5.74, 6) is 0. The molecule has 100 valence electrons. The van der Waals surface area contributed by atoms with E-state index >= 15 is 0 Å². The second-order valence-corrected chi connectivity index (χ2v) is 5.13. The summed E-state index contributed by atoms with van der Waals surface area (Å²) in [6, 6.07) is -0.127. The highest BCUT2D eigenvalue weighted by molar-refractivity contribution is 4.97. The van der Waals surface area contributed by atoms with E-state index in [9.17, 15) is 13.2 Å². The lowest BCUT2D eigenvalue weighted by molar-refractivity contribution is -0.153. The molecule has 2 nitrogen and oxygen atoms in total. The van der Waals surface area contributed by atoms with Gasteiger partial charge in [-0.1, -0.05) is 19.3 Å². The molecule has 2 rings (SSSR count). The second kappa shape index (κ2) is 5.14. The van der Waals surface area contributed by atoms with Crippen molar-refractivity contribution >= 4 is 0 Å². The van der Waals surface area contributed by atoms with Crippen molar-refractivity contribution in [3.05, 3.63) is 0 Å². The van der Waals surface area contributed by atoms with Crippen LogP contribution >= 0.6 is 0 Å². The normalized spacial score (nSPS) is 29.5. The summed E-state index contributed by atoms with van der Waals surface area (Å²) in [4.78, 5) is 0. The Hall–Kier alpha value is -0.290. The smallest absolute Gasteiger partial charge is 0.372 e. The molecule has 0 bridgehead atoms. The van der Waals surface area contributed by atoms with Gasteiger partial charge in [-0.2, -0.15) is 13.2 Å². The van der Waals surface area contributed by atoms with Gasteiger partial charge in [0.05, 0.1) is 12.2 Å². The van der Waals surface area contributed by atoms with Crippen LogP contribution < -0.4 is 5.32 Å². The van der Waals surface area contributed by atoms with E-state index in [4.69, 9.17) is 4.74 Å². The van der Waals surface area contributed by atoms with Gasteiger partial charge in [-0.3, -0.25) is 0 Å². The van der Waals surface area contributed by atoms with Crippen LogP contribution in [0.4, 0.5) is 13.2 Å². The van der Waals surface area contributed by atoms with Gasteiger partial charge >= 0.3 is 6.18 Å². The lowest BCUT2D eigenvalue weighted by Gasteiger charge is -2.47. The van der Waals surface area contributed by atoms with Crippen molar-refractivity contribution in [2.45, 2.75) is 62.8 Å². The largest absolute Gasteiger partial charge is 0.389 e. The van der Waals surface area contributed by atoms with Crippen LogP contribution in [0.3, 0.4) is 0 Å². The maximum Gasteiger partial charge on any atom is 0.389 e. The number of hydrogen-bond acceptors (Lipinski definition) is 2. The average molecular weight is 251 g/mol. The number of ether oxygens (including phenoxy) is 1. The zero-order chi connectivity index (χ0) is 12.4. The van der Waals surface area contributed by atoms with Crippen molar-refractivity contribution < 1.29 is 17.9 Å². The highest BCUT2D eigenvalue weighted by Gasteiger charge is 2.44. The fourth-order valence-electron chi connectivity index (χ4n) is 3.09. The van der Waals surface area contributed by atoms with Gasteiger partial charge in [-0.15, -0.1) is 0 Å². The van der Waals surface area contributed by atoms with Crippen molar-refractivity contribution in [3.8, 4) is 0 Å². The summed E-state index contributed by atoms with van der Waals surface area (Å²) in [6.07, 6.45) is 0.505. The second-order valence-electron chi connectivity index (χ2n) is 5.13. The van der Waals surface area contributed by atoms with Gasteiger partial charge in [0.2, 0.25) is 0 Å². The summed E-state index contributed by atoms with van der Waals surface area (Å²) in [5.41, 5.74) is -0.318. The van der Waals surface area contributed by atoms with Crippen molar-refractivity contribution in [1.82, 2.24) is 5.32 Å². The topological polar surface area (TPSA) is 21.3 Å². The van der Waals surface area contributed by atoms with Gasteiger partial charge in [0.1, 0.15) is 0 Å². The zero-order valence-corrected chi connectivity index (χ0v) is 9.98. The first-order chi connectivity index (χ1) is 8.02. The molecule has 1 unspecified atom stereocenters. The van der Waals surface area contributed by atoms with Crippen molar-refractivity contribution in [2.24, 2.45) is 0 Å². The summed E-state index contributed by atoms with van der Waals surface area (Å²) >= 11 is 0. The molecule has 0 aromatic rings.